The molecule has 29 heavy (non-hydrogen) atoms. The number of fused-ring (bicyclic) bond motifs is 1. The second kappa shape index (κ2) is 7.35. The summed E-state index contributed by atoms with van der Waals surface area (Å²) in [6.07, 6.45) is 2.88. The van der Waals surface area contributed by atoms with E-state index in [2.05, 4.69) is 15.4 Å². The van der Waals surface area contributed by atoms with Gasteiger partial charge in [0, 0.05) is 5.69 Å². The van der Waals surface area contributed by atoms with Gasteiger partial charge in [0.25, 0.3) is 5.56 Å². The minimum atomic E-state index is -0.302. The van der Waals surface area contributed by atoms with Crippen LogP contribution in [-0.2, 0) is 11.3 Å². The molecule has 0 bridgehead atoms. The smallest absolute Gasteiger partial charge is 0.264 e. The van der Waals surface area contributed by atoms with E-state index in [4.69, 9.17) is 0 Å². The molecule has 0 saturated heterocycles. The second-order valence-corrected chi connectivity index (χ2v) is 7.15. The van der Waals surface area contributed by atoms with Crippen molar-refractivity contribution in [2.45, 2.75) is 27.3 Å². The van der Waals surface area contributed by atoms with Crippen molar-refractivity contribution in [2.75, 3.05) is 5.32 Å². The van der Waals surface area contributed by atoms with E-state index in [0.717, 1.165) is 16.8 Å². The van der Waals surface area contributed by atoms with Gasteiger partial charge in [0.05, 0.1) is 11.9 Å². The van der Waals surface area contributed by atoms with Crippen molar-refractivity contribution in [3.63, 3.8) is 0 Å². The molecule has 0 unspecified atom stereocenters. The average molecular weight is 387 g/mol. The van der Waals surface area contributed by atoms with Crippen LogP contribution in [0.4, 0.5) is 5.69 Å². The zero-order chi connectivity index (χ0) is 20.5. The van der Waals surface area contributed by atoms with Crippen LogP contribution >= 0.6 is 0 Å². The summed E-state index contributed by atoms with van der Waals surface area (Å²) in [4.78, 5) is 29.5. The Morgan fingerprint density at radius 1 is 1.03 bits per heavy atom. The summed E-state index contributed by atoms with van der Waals surface area (Å²) in [5, 5.41) is 7.49. The lowest BCUT2D eigenvalue weighted by Crippen LogP contribution is -2.27. The SMILES string of the molecule is Cc1ccc(NC(=O)Cn2cnc3c(cnn3-c3ccc(C)c(C)c3)c2=O)cc1. The van der Waals surface area contributed by atoms with Gasteiger partial charge in [0.15, 0.2) is 5.65 Å². The van der Waals surface area contributed by atoms with Gasteiger partial charge in [-0.15, -0.1) is 0 Å². The van der Waals surface area contributed by atoms with Gasteiger partial charge < -0.3 is 5.32 Å². The van der Waals surface area contributed by atoms with E-state index < -0.39 is 0 Å². The van der Waals surface area contributed by atoms with E-state index in [9.17, 15) is 9.59 Å². The Morgan fingerprint density at radius 2 is 1.79 bits per heavy atom. The number of hydrogen-bond acceptors (Lipinski definition) is 4. The van der Waals surface area contributed by atoms with Gasteiger partial charge in [0.2, 0.25) is 5.91 Å². The van der Waals surface area contributed by atoms with Gasteiger partial charge in [-0.1, -0.05) is 23.8 Å². The lowest BCUT2D eigenvalue weighted by molar-refractivity contribution is -0.116. The Balaban J connectivity index is 1.61. The first-order valence-electron chi connectivity index (χ1n) is 9.30. The molecule has 0 aliphatic heterocycles. The van der Waals surface area contributed by atoms with Gasteiger partial charge in [-0.25, -0.2) is 9.67 Å². The van der Waals surface area contributed by atoms with Gasteiger partial charge in [-0.05, 0) is 56.2 Å². The predicted octanol–water partition coefficient (Wildman–Crippen LogP) is 3.15. The van der Waals surface area contributed by atoms with Crippen LogP contribution in [-0.4, -0.2) is 25.2 Å². The van der Waals surface area contributed by atoms with Gasteiger partial charge in [-0.3, -0.25) is 14.2 Å². The molecule has 0 fully saturated rings. The van der Waals surface area contributed by atoms with Gasteiger partial charge in [0.1, 0.15) is 18.3 Å². The van der Waals surface area contributed by atoms with E-state index in [1.165, 1.54) is 22.7 Å². The Labute approximate surface area is 167 Å². The topological polar surface area (TPSA) is 81.8 Å². The third-order valence-corrected chi connectivity index (χ3v) is 4.94. The van der Waals surface area contributed by atoms with Crippen LogP contribution in [0.2, 0.25) is 0 Å². The van der Waals surface area contributed by atoms with Crippen LogP contribution in [0.25, 0.3) is 16.7 Å². The maximum atomic E-state index is 12.8. The standard InChI is InChI=1S/C22H21N5O2/c1-14-4-7-17(8-5-14)25-20(28)12-26-13-23-21-19(22(26)29)11-24-27(21)18-9-6-15(2)16(3)10-18/h4-11,13H,12H2,1-3H3,(H,25,28). The third kappa shape index (κ3) is 3.67. The Morgan fingerprint density at radius 3 is 2.52 bits per heavy atom. The molecule has 7 heteroatoms. The molecule has 146 valence electrons. The highest BCUT2D eigenvalue weighted by Crippen LogP contribution is 2.17. The first-order chi connectivity index (χ1) is 13.9. The number of nitrogens with zero attached hydrogens (tertiary/aromatic N) is 4. The Kier molecular flexibility index (Phi) is 4.72. The molecule has 0 aliphatic rings. The van der Waals surface area contributed by atoms with Crippen LogP contribution in [0.5, 0.6) is 0 Å². The lowest BCUT2D eigenvalue weighted by Gasteiger charge is -2.08. The highest BCUT2D eigenvalue weighted by Gasteiger charge is 2.13. The molecule has 4 aromatic rings. The minimum absolute atomic E-state index is 0.121. The largest absolute Gasteiger partial charge is 0.325 e. The van der Waals surface area contributed by atoms with Gasteiger partial charge >= 0.3 is 0 Å². The number of rotatable bonds is 4. The third-order valence-electron chi connectivity index (χ3n) is 4.94. The van der Waals surface area contributed by atoms with Crippen molar-refractivity contribution in [3.8, 4) is 5.69 Å². The highest BCUT2D eigenvalue weighted by molar-refractivity contribution is 5.90. The van der Waals surface area contributed by atoms with Gasteiger partial charge in [-0.2, -0.15) is 5.10 Å². The normalized spacial score (nSPS) is 11.0. The number of aryl methyl sites for hydroxylation is 3. The monoisotopic (exact) mass is 387 g/mol. The molecule has 0 radical (unpaired) electrons. The fourth-order valence-corrected chi connectivity index (χ4v) is 3.10. The highest BCUT2D eigenvalue weighted by atomic mass is 16.2. The number of aromatic nitrogens is 4. The van der Waals surface area contributed by atoms with E-state index >= 15 is 0 Å². The molecule has 0 atom stereocenters. The van der Waals surface area contributed by atoms with Crippen molar-refractivity contribution < 1.29 is 4.79 Å². The predicted molar refractivity (Wildman–Crippen MR) is 112 cm³/mol. The number of anilines is 1. The average Bonchev–Trinajstić information content (AvgIpc) is 3.13. The summed E-state index contributed by atoms with van der Waals surface area (Å²) in [5.41, 5.74) is 5.11. The summed E-state index contributed by atoms with van der Waals surface area (Å²) >= 11 is 0. The number of hydrogen-bond donors (Lipinski definition) is 1. The molecule has 0 spiro atoms. The van der Waals surface area contributed by atoms with Crippen molar-refractivity contribution in [1.29, 1.82) is 0 Å². The van der Waals surface area contributed by atoms with E-state index in [1.54, 1.807) is 4.68 Å². The number of benzene rings is 2. The molecule has 1 N–H and O–H groups in total. The summed E-state index contributed by atoms with van der Waals surface area (Å²) in [7, 11) is 0. The van der Waals surface area contributed by atoms with Crippen LogP contribution < -0.4 is 10.9 Å². The van der Waals surface area contributed by atoms with Crippen molar-refractivity contribution >= 4 is 22.6 Å². The zero-order valence-corrected chi connectivity index (χ0v) is 16.5. The van der Waals surface area contributed by atoms with Crippen molar-refractivity contribution in [3.05, 3.63) is 82.0 Å². The molecule has 0 saturated carbocycles. The molecule has 0 aliphatic carbocycles. The van der Waals surface area contributed by atoms with Crippen molar-refractivity contribution in [1.82, 2.24) is 19.3 Å². The van der Waals surface area contributed by atoms with E-state index in [-0.39, 0.29) is 18.0 Å². The summed E-state index contributed by atoms with van der Waals surface area (Å²) in [5.74, 6) is -0.293. The molecule has 1 amide bonds. The van der Waals surface area contributed by atoms with E-state index in [0.29, 0.717) is 16.7 Å². The summed E-state index contributed by atoms with van der Waals surface area (Å²) in [6, 6.07) is 13.4. The first kappa shape index (κ1) is 18.6. The Hall–Kier alpha value is -3.74. The molecule has 4 rings (SSSR count). The summed E-state index contributed by atoms with van der Waals surface area (Å²) < 4.78 is 2.93. The van der Waals surface area contributed by atoms with E-state index in [1.807, 2.05) is 63.2 Å². The second-order valence-electron chi connectivity index (χ2n) is 7.15. The fourth-order valence-electron chi connectivity index (χ4n) is 3.10. The zero-order valence-electron chi connectivity index (χ0n) is 16.5. The molecule has 2 aromatic carbocycles. The number of carbonyl (C=O) groups is 1. The molecular formula is C22H21N5O2. The maximum absolute atomic E-state index is 12.8. The minimum Gasteiger partial charge on any atom is -0.325 e. The number of carbonyl (C=O) groups excluding carboxylic acids is 1. The molecule has 2 aromatic heterocycles. The number of nitrogens with one attached hydrogen (secondary N) is 1. The molecule has 7 nitrogen and oxygen atoms in total. The maximum Gasteiger partial charge on any atom is 0.264 e. The quantitative estimate of drug-likeness (QED) is 0.583. The van der Waals surface area contributed by atoms with Crippen LogP contribution in [0.3, 0.4) is 0 Å². The summed E-state index contributed by atoms with van der Waals surface area (Å²) in [6.45, 7) is 5.92. The lowest BCUT2D eigenvalue weighted by atomic mass is 10.1. The van der Waals surface area contributed by atoms with Crippen LogP contribution in [0.1, 0.15) is 16.7 Å². The van der Waals surface area contributed by atoms with Crippen LogP contribution in [0.15, 0.2) is 59.8 Å². The van der Waals surface area contributed by atoms with Crippen molar-refractivity contribution in [2.24, 2.45) is 0 Å². The molecule has 2 heterocycles. The Bertz CT molecular complexity index is 1270. The fraction of sp³-hybridized carbons (Fsp3) is 0.182. The molecular weight excluding hydrogens is 366 g/mol. The number of amides is 1. The first-order valence-corrected chi connectivity index (χ1v) is 9.30. The van der Waals surface area contributed by atoms with Crippen LogP contribution in [0, 0.1) is 20.8 Å².